The molecule has 94 valence electrons. The van der Waals surface area contributed by atoms with Gasteiger partial charge in [-0.2, -0.15) is 11.8 Å². The van der Waals surface area contributed by atoms with Gasteiger partial charge in [-0.25, -0.2) is 12.7 Å². The molecule has 2 saturated heterocycles. The molecule has 2 aliphatic rings. The molecule has 0 radical (unpaired) electrons. The quantitative estimate of drug-likeness (QED) is 0.797. The summed E-state index contributed by atoms with van der Waals surface area (Å²) in [6.07, 6.45) is 3.56. The molecule has 0 saturated carbocycles. The first-order valence-corrected chi connectivity index (χ1v) is 8.82. The SMILES string of the molecule is CS(=O)(=O)N1CCC(CNC2CCSC2)C1. The standard InChI is InChI=1S/C10H20N2O2S2/c1-16(13,14)12-4-2-9(7-12)6-11-10-3-5-15-8-10/h9-11H,2-8H2,1H3. The highest BCUT2D eigenvalue weighted by molar-refractivity contribution is 7.99. The van der Waals surface area contributed by atoms with E-state index in [9.17, 15) is 8.42 Å². The summed E-state index contributed by atoms with van der Waals surface area (Å²) in [5, 5.41) is 3.55. The predicted molar refractivity (Wildman–Crippen MR) is 68.3 cm³/mol. The van der Waals surface area contributed by atoms with Gasteiger partial charge in [0.15, 0.2) is 0 Å². The van der Waals surface area contributed by atoms with Gasteiger partial charge in [0.05, 0.1) is 6.26 Å². The fourth-order valence-electron chi connectivity index (χ4n) is 2.29. The van der Waals surface area contributed by atoms with Gasteiger partial charge in [-0.05, 0) is 31.1 Å². The third-order valence-corrected chi connectivity index (χ3v) is 5.77. The minimum Gasteiger partial charge on any atom is -0.313 e. The molecule has 0 bridgehead atoms. The Kier molecular flexibility index (Phi) is 4.15. The lowest BCUT2D eigenvalue weighted by Gasteiger charge is -2.16. The molecule has 2 atom stereocenters. The highest BCUT2D eigenvalue weighted by Crippen LogP contribution is 2.20. The maximum absolute atomic E-state index is 11.3. The molecule has 0 aliphatic carbocycles. The lowest BCUT2D eigenvalue weighted by Crippen LogP contribution is -2.35. The molecule has 0 amide bonds. The van der Waals surface area contributed by atoms with Crippen molar-refractivity contribution in [1.82, 2.24) is 9.62 Å². The molecular weight excluding hydrogens is 244 g/mol. The van der Waals surface area contributed by atoms with Crippen LogP contribution < -0.4 is 5.32 Å². The highest BCUT2D eigenvalue weighted by atomic mass is 32.2. The third kappa shape index (κ3) is 3.35. The first-order valence-electron chi connectivity index (χ1n) is 5.82. The topological polar surface area (TPSA) is 49.4 Å². The van der Waals surface area contributed by atoms with Gasteiger partial charge < -0.3 is 5.32 Å². The van der Waals surface area contributed by atoms with Crippen LogP contribution in [0.3, 0.4) is 0 Å². The van der Waals surface area contributed by atoms with Crippen LogP contribution in [0.5, 0.6) is 0 Å². The largest absolute Gasteiger partial charge is 0.313 e. The smallest absolute Gasteiger partial charge is 0.211 e. The number of nitrogens with zero attached hydrogens (tertiary/aromatic N) is 1. The van der Waals surface area contributed by atoms with Crippen molar-refractivity contribution >= 4 is 21.8 Å². The van der Waals surface area contributed by atoms with E-state index in [1.165, 1.54) is 24.2 Å². The Morgan fingerprint density at radius 3 is 2.81 bits per heavy atom. The molecule has 1 N–H and O–H groups in total. The molecule has 0 spiro atoms. The first kappa shape index (κ1) is 12.7. The Hall–Kier alpha value is 0.220. The lowest BCUT2D eigenvalue weighted by atomic mass is 10.1. The first-order chi connectivity index (χ1) is 7.55. The maximum atomic E-state index is 11.3. The van der Waals surface area contributed by atoms with E-state index in [0.29, 0.717) is 25.0 Å². The summed E-state index contributed by atoms with van der Waals surface area (Å²) in [4.78, 5) is 0. The van der Waals surface area contributed by atoms with E-state index >= 15 is 0 Å². The minimum absolute atomic E-state index is 0.500. The highest BCUT2D eigenvalue weighted by Gasteiger charge is 2.28. The zero-order chi connectivity index (χ0) is 11.6. The summed E-state index contributed by atoms with van der Waals surface area (Å²) < 4.78 is 24.3. The molecule has 0 aromatic heterocycles. The molecule has 2 unspecified atom stereocenters. The van der Waals surface area contributed by atoms with Crippen LogP contribution in [0.25, 0.3) is 0 Å². The van der Waals surface area contributed by atoms with Gasteiger partial charge in [0.2, 0.25) is 10.0 Å². The lowest BCUT2D eigenvalue weighted by molar-refractivity contribution is 0.431. The van der Waals surface area contributed by atoms with Gasteiger partial charge in [-0.3, -0.25) is 0 Å². The minimum atomic E-state index is -2.97. The average Bonchev–Trinajstić information content (AvgIpc) is 2.85. The second kappa shape index (κ2) is 5.25. The number of rotatable bonds is 4. The van der Waals surface area contributed by atoms with E-state index < -0.39 is 10.0 Å². The summed E-state index contributed by atoms with van der Waals surface area (Å²) in [5.74, 6) is 2.97. The van der Waals surface area contributed by atoms with Crippen molar-refractivity contribution in [2.45, 2.75) is 18.9 Å². The van der Waals surface area contributed by atoms with E-state index in [2.05, 4.69) is 5.32 Å². The Bertz CT molecular complexity index is 326. The van der Waals surface area contributed by atoms with Crippen LogP contribution in [0.2, 0.25) is 0 Å². The van der Waals surface area contributed by atoms with Crippen LogP contribution in [0.1, 0.15) is 12.8 Å². The summed E-state index contributed by atoms with van der Waals surface area (Å²) in [7, 11) is -2.97. The van der Waals surface area contributed by atoms with Crippen LogP contribution in [-0.4, -0.2) is 56.2 Å². The summed E-state index contributed by atoms with van der Waals surface area (Å²) in [5.41, 5.74) is 0. The van der Waals surface area contributed by atoms with Gasteiger partial charge in [-0.1, -0.05) is 0 Å². The molecule has 2 fully saturated rings. The monoisotopic (exact) mass is 264 g/mol. The Morgan fingerprint density at radius 1 is 1.44 bits per heavy atom. The number of thioether (sulfide) groups is 1. The van der Waals surface area contributed by atoms with Gasteiger partial charge in [0.25, 0.3) is 0 Å². The van der Waals surface area contributed by atoms with E-state index in [0.717, 1.165) is 13.0 Å². The van der Waals surface area contributed by atoms with Crippen LogP contribution in [0, 0.1) is 5.92 Å². The zero-order valence-corrected chi connectivity index (χ0v) is 11.3. The van der Waals surface area contributed by atoms with Crippen molar-refractivity contribution in [2.75, 3.05) is 37.4 Å². The second-order valence-corrected chi connectivity index (χ2v) is 7.88. The number of hydrogen-bond acceptors (Lipinski definition) is 4. The van der Waals surface area contributed by atoms with Gasteiger partial charge in [0.1, 0.15) is 0 Å². The molecule has 16 heavy (non-hydrogen) atoms. The van der Waals surface area contributed by atoms with Crippen molar-refractivity contribution in [2.24, 2.45) is 5.92 Å². The van der Waals surface area contributed by atoms with Crippen molar-refractivity contribution in [1.29, 1.82) is 0 Å². The van der Waals surface area contributed by atoms with E-state index in [1.54, 1.807) is 4.31 Å². The predicted octanol–water partition coefficient (Wildman–Crippen LogP) is 0.363. The van der Waals surface area contributed by atoms with Gasteiger partial charge >= 0.3 is 0 Å². The molecule has 0 aromatic rings. The Labute approximate surface area is 102 Å². The number of hydrogen-bond donors (Lipinski definition) is 1. The Morgan fingerprint density at radius 2 is 2.25 bits per heavy atom. The third-order valence-electron chi connectivity index (χ3n) is 3.34. The summed E-state index contributed by atoms with van der Waals surface area (Å²) in [6.45, 7) is 2.37. The molecule has 6 heteroatoms. The number of sulfonamides is 1. The average molecular weight is 264 g/mol. The van der Waals surface area contributed by atoms with Crippen LogP contribution in [0.15, 0.2) is 0 Å². The van der Waals surface area contributed by atoms with Crippen molar-refractivity contribution < 1.29 is 8.42 Å². The molecule has 2 aliphatic heterocycles. The fraction of sp³-hybridized carbons (Fsp3) is 1.00. The molecule has 2 rings (SSSR count). The van der Waals surface area contributed by atoms with Crippen LogP contribution in [-0.2, 0) is 10.0 Å². The van der Waals surface area contributed by atoms with E-state index in [1.807, 2.05) is 11.8 Å². The Balaban J connectivity index is 1.72. The van der Waals surface area contributed by atoms with E-state index in [4.69, 9.17) is 0 Å². The summed E-state index contributed by atoms with van der Waals surface area (Å²) >= 11 is 2.00. The van der Waals surface area contributed by atoms with Crippen LogP contribution >= 0.6 is 11.8 Å². The normalized spacial score (nSPS) is 32.3. The van der Waals surface area contributed by atoms with Crippen molar-refractivity contribution in [3.8, 4) is 0 Å². The second-order valence-electron chi connectivity index (χ2n) is 4.74. The molecule has 4 nitrogen and oxygen atoms in total. The molecule has 2 heterocycles. The molecular formula is C10H20N2O2S2. The number of nitrogens with one attached hydrogen (secondary N) is 1. The van der Waals surface area contributed by atoms with Gasteiger partial charge in [-0.15, -0.1) is 0 Å². The van der Waals surface area contributed by atoms with Crippen LogP contribution in [0.4, 0.5) is 0 Å². The zero-order valence-electron chi connectivity index (χ0n) is 9.68. The fourth-order valence-corrected chi connectivity index (χ4v) is 4.40. The summed E-state index contributed by atoms with van der Waals surface area (Å²) in [6, 6.07) is 0.650. The van der Waals surface area contributed by atoms with E-state index in [-0.39, 0.29) is 0 Å². The maximum Gasteiger partial charge on any atom is 0.211 e. The molecule has 0 aromatic carbocycles. The van der Waals surface area contributed by atoms with Crippen molar-refractivity contribution in [3.05, 3.63) is 0 Å². The van der Waals surface area contributed by atoms with Gasteiger partial charge in [0, 0.05) is 24.9 Å². The van der Waals surface area contributed by atoms with Crippen molar-refractivity contribution in [3.63, 3.8) is 0 Å².